The van der Waals surface area contributed by atoms with Crippen LogP contribution in [0, 0.1) is 3.57 Å². The molecule has 2 nitrogen and oxygen atoms in total. The second kappa shape index (κ2) is 4.79. The monoisotopic (exact) mass is 315 g/mol. The Bertz CT molecular complexity index is 395. The molecular formula is C12H12IO2+. The third-order valence-corrected chi connectivity index (χ3v) is 5.36. The smallest absolute Gasteiger partial charge is 0.365 e. The molecule has 3 heteroatoms. The van der Waals surface area contributed by atoms with Gasteiger partial charge in [0.1, 0.15) is 5.76 Å². The summed E-state index contributed by atoms with van der Waals surface area (Å²) in [6.45, 7) is 0. The summed E-state index contributed by atoms with van der Waals surface area (Å²) < 4.78 is 1.90. The van der Waals surface area contributed by atoms with Gasteiger partial charge in [-0.05, 0) is 18.6 Å². The first kappa shape index (κ1) is 10.7. The zero-order chi connectivity index (χ0) is 10.7. The Kier molecular flexibility index (Phi) is 3.41. The number of rotatable bonds is 2. The lowest BCUT2D eigenvalue weighted by Crippen LogP contribution is -3.61. The molecule has 0 spiro atoms. The van der Waals surface area contributed by atoms with E-state index in [4.69, 9.17) is 0 Å². The molecule has 0 atom stereocenters. The second-order valence-electron chi connectivity index (χ2n) is 3.43. The summed E-state index contributed by atoms with van der Waals surface area (Å²) in [6.07, 6.45) is 2.08. The van der Waals surface area contributed by atoms with Crippen molar-refractivity contribution in [1.29, 1.82) is 0 Å². The van der Waals surface area contributed by atoms with Gasteiger partial charge in [-0.3, -0.25) is 4.79 Å². The zero-order valence-electron chi connectivity index (χ0n) is 8.24. The molecule has 1 aromatic carbocycles. The Hall–Kier alpha value is -0.840. The van der Waals surface area contributed by atoms with Crippen LogP contribution in [0.15, 0.2) is 39.7 Å². The van der Waals surface area contributed by atoms with Gasteiger partial charge in [-0.25, -0.2) is 0 Å². The molecule has 0 fully saturated rings. The van der Waals surface area contributed by atoms with Gasteiger partial charge in [0.05, 0.1) is 0 Å². The number of benzene rings is 1. The van der Waals surface area contributed by atoms with Crippen molar-refractivity contribution in [2.45, 2.75) is 19.3 Å². The number of hydrogen-bond acceptors (Lipinski definition) is 2. The molecule has 0 amide bonds. The summed E-state index contributed by atoms with van der Waals surface area (Å²) >= 11 is -0.495. The highest BCUT2D eigenvalue weighted by Gasteiger charge is 2.33. The number of carbonyl (C=O) groups is 1. The van der Waals surface area contributed by atoms with Gasteiger partial charge < -0.3 is 5.11 Å². The van der Waals surface area contributed by atoms with E-state index in [2.05, 4.69) is 0 Å². The standard InChI is InChI=1S/C12H11IO2/c14-10-7-4-8-11(15)12(10)13-9-5-2-1-3-6-9/h1-3,5-6H,4,7-8H2/p+1. The number of Topliss-reactive ketones (excluding diaryl/α,β-unsaturated/α-hetero) is 1. The van der Waals surface area contributed by atoms with Crippen molar-refractivity contribution in [1.82, 2.24) is 0 Å². The van der Waals surface area contributed by atoms with E-state index in [1.165, 1.54) is 3.57 Å². The first-order chi connectivity index (χ1) is 7.27. The van der Waals surface area contributed by atoms with E-state index in [0.717, 1.165) is 6.42 Å². The molecule has 0 aliphatic heterocycles. The van der Waals surface area contributed by atoms with Crippen molar-refractivity contribution >= 4 is 5.78 Å². The van der Waals surface area contributed by atoms with Crippen LogP contribution in [0.5, 0.6) is 0 Å². The molecule has 0 saturated carbocycles. The minimum Gasteiger partial charge on any atom is -0.507 e. The Labute approximate surface area is 99.3 Å². The summed E-state index contributed by atoms with van der Waals surface area (Å²) in [5.74, 6) is 0.485. The summed E-state index contributed by atoms with van der Waals surface area (Å²) in [6, 6.07) is 9.95. The van der Waals surface area contributed by atoms with Crippen LogP contribution in [0.3, 0.4) is 0 Å². The summed E-state index contributed by atoms with van der Waals surface area (Å²) in [4.78, 5) is 11.6. The lowest BCUT2D eigenvalue weighted by molar-refractivity contribution is -0.572. The van der Waals surface area contributed by atoms with Crippen molar-refractivity contribution < 1.29 is 31.1 Å². The van der Waals surface area contributed by atoms with Crippen molar-refractivity contribution in [3.05, 3.63) is 43.2 Å². The van der Waals surface area contributed by atoms with E-state index in [0.29, 0.717) is 22.2 Å². The van der Waals surface area contributed by atoms with Crippen LogP contribution in [0.2, 0.25) is 0 Å². The molecule has 78 valence electrons. The zero-order valence-corrected chi connectivity index (χ0v) is 10.4. The first-order valence-corrected chi connectivity index (χ1v) is 7.08. The highest BCUT2D eigenvalue weighted by molar-refractivity contribution is 5.93. The fraction of sp³-hybridized carbons (Fsp3) is 0.250. The summed E-state index contributed by atoms with van der Waals surface area (Å²) in [5, 5.41) is 9.69. The molecule has 0 aromatic heterocycles. The molecule has 0 heterocycles. The molecule has 0 unspecified atom stereocenters. The predicted molar refractivity (Wildman–Crippen MR) is 53.7 cm³/mol. The van der Waals surface area contributed by atoms with Crippen LogP contribution in [0.25, 0.3) is 0 Å². The molecule has 1 aliphatic carbocycles. The Morgan fingerprint density at radius 1 is 1.13 bits per heavy atom. The Balaban J connectivity index is 2.21. The number of hydrogen-bond donors (Lipinski definition) is 1. The second-order valence-corrected chi connectivity index (χ2v) is 6.29. The van der Waals surface area contributed by atoms with Crippen molar-refractivity contribution in [2.24, 2.45) is 0 Å². The van der Waals surface area contributed by atoms with Crippen molar-refractivity contribution in [3.8, 4) is 0 Å². The molecule has 1 aliphatic rings. The molecule has 15 heavy (non-hydrogen) atoms. The van der Waals surface area contributed by atoms with Gasteiger partial charge in [0.25, 0.3) is 3.58 Å². The van der Waals surface area contributed by atoms with E-state index >= 15 is 0 Å². The molecule has 0 radical (unpaired) electrons. The molecule has 2 rings (SSSR count). The highest BCUT2D eigenvalue weighted by atomic mass is 127. The largest absolute Gasteiger partial charge is 0.507 e. The fourth-order valence-corrected chi connectivity index (χ4v) is 4.04. The quantitative estimate of drug-likeness (QED) is 0.745. The lowest BCUT2D eigenvalue weighted by Gasteiger charge is -2.05. The van der Waals surface area contributed by atoms with Crippen LogP contribution in [0.4, 0.5) is 0 Å². The maximum atomic E-state index is 11.6. The SMILES string of the molecule is O=C1CCCC(O)=C1[I+]c1ccccc1. The van der Waals surface area contributed by atoms with Gasteiger partial charge in [-0.15, -0.1) is 0 Å². The van der Waals surface area contributed by atoms with Crippen LogP contribution in [-0.2, 0) is 4.79 Å². The average molecular weight is 315 g/mol. The Morgan fingerprint density at radius 3 is 2.53 bits per heavy atom. The summed E-state index contributed by atoms with van der Waals surface area (Å²) in [5.41, 5.74) is 0. The molecule has 1 N–H and O–H groups in total. The van der Waals surface area contributed by atoms with Gasteiger partial charge in [0.15, 0.2) is 3.57 Å². The average Bonchev–Trinajstić information content (AvgIpc) is 2.25. The third-order valence-electron chi connectivity index (χ3n) is 2.25. The van der Waals surface area contributed by atoms with Gasteiger partial charge in [0, 0.05) is 12.8 Å². The molecule has 0 saturated heterocycles. The maximum Gasteiger partial charge on any atom is 0.365 e. The highest BCUT2D eigenvalue weighted by Crippen LogP contribution is 2.14. The maximum absolute atomic E-state index is 11.6. The van der Waals surface area contributed by atoms with Gasteiger partial charge in [-0.2, -0.15) is 0 Å². The van der Waals surface area contributed by atoms with E-state index in [1.807, 2.05) is 30.3 Å². The van der Waals surface area contributed by atoms with Crippen LogP contribution in [0.1, 0.15) is 19.3 Å². The predicted octanol–water partition coefficient (Wildman–Crippen LogP) is -0.532. The number of aliphatic hydroxyl groups is 1. The van der Waals surface area contributed by atoms with Crippen molar-refractivity contribution in [3.63, 3.8) is 0 Å². The summed E-state index contributed by atoms with van der Waals surface area (Å²) in [7, 11) is 0. The van der Waals surface area contributed by atoms with Crippen LogP contribution >= 0.6 is 0 Å². The van der Waals surface area contributed by atoms with Gasteiger partial charge in [-0.1, -0.05) is 18.2 Å². The van der Waals surface area contributed by atoms with Crippen LogP contribution < -0.4 is 21.2 Å². The minimum absolute atomic E-state index is 0.149. The van der Waals surface area contributed by atoms with E-state index in [-0.39, 0.29) is 5.78 Å². The van der Waals surface area contributed by atoms with E-state index < -0.39 is 21.2 Å². The van der Waals surface area contributed by atoms with E-state index in [1.54, 1.807) is 0 Å². The minimum atomic E-state index is -0.495. The number of allylic oxidation sites excluding steroid dienone is 2. The topological polar surface area (TPSA) is 37.3 Å². The van der Waals surface area contributed by atoms with E-state index in [9.17, 15) is 9.90 Å². The number of carbonyl (C=O) groups excluding carboxylic acids is 1. The normalized spacial score (nSPS) is 16.9. The van der Waals surface area contributed by atoms with Crippen LogP contribution in [-0.4, -0.2) is 10.9 Å². The fourth-order valence-electron chi connectivity index (χ4n) is 1.49. The number of halogens is 1. The number of aliphatic hydroxyl groups excluding tert-OH is 1. The lowest BCUT2D eigenvalue weighted by atomic mass is 10.1. The first-order valence-electron chi connectivity index (χ1n) is 4.92. The molecule has 0 bridgehead atoms. The van der Waals surface area contributed by atoms with Gasteiger partial charge in [0.2, 0.25) is 5.78 Å². The Morgan fingerprint density at radius 2 is 1.87 bits per heavy atom. The molecular weight excluding hydrogens is 303 g/mol. The number of ketones is 1. The van der Waals surface area contributed by atoms with Gasteiger partial charge >= 0.3 is 21.2 Å². The molecule has 1 aromatic rings. The van der Waals surface area contributed by atoms with Crippen molar-refractivity contribution in [2.75, 3.05) is 0 Å². The third kappa shape index (κ3) is 2.59.